The lowest BCUT2D eigenvalue weighted by atomic mass is 10.1. The Balaban J connectivity index is 1.67. The van der Waals surface area contributed by atoms with Crippen LogP contribution in [0.1, 0.15) is 18.2 Å². The van der Waals surface area contributed by atoms with E-state index < -0.39 is 5.97 Å². The Morgan fingerprint density at radius 1 is 1.18 bits per heavy atom. The van der Waals surface area contributed by atoms with Crippen LogP contribution >= 0.6 is 0 Å². The molecule has 28 heavy (non-hydrogen) atoms. The van der Waals surface area contributed by atoms with Gasteiger partial charge in [0.25, 0.3) is 0 Å². The number of aromatic nitrogens is 1. The van der Waals surface area contributed by atoms with E-state index in [1.54, 1.807) is 37.3 Å². The summed E-state index contributed by atoms with van der Waals surface area (Å²) in [6.07, 6.45) is 0.100. The van der Waals surface area contributed by atoms with Crippen molar-refractivity contribution in [2.75, 3.05) is 18.5 Å². The minimum Gasteiger partial charge on any atom is -0.482 e. The largest absolute Gasteiger partial charge is 0.482 e. The number of benzene rings is 2. The van der Waals surface area contributed by atoms with E-state index in [1.807, 2.05) is 6.92 Å². The molecule has 2 aromatic carbocycles. The van der Waals surface area contributed by atoms with Crippen molar-refractivity contribution in [2.45, 2.75) is 20.3 Å². The van der Waals surface area contributed by atoms with Crippen LogP contribution in [0.3, 0.4) is 0 Å². The first kappa shape index (κ1) is 19.4. The van der Waals surface area contributed by atoms with Crippen molar-refractivity contribution in [3.8, 4) is 5.75 Å². The van der Waals surface area contributed by atoms with Gasteiger partial charge in [0.15, 0.2) is 6.61 Å². The van der Waals surface area contributed by atoms with Gasteiger partial charge in [-0.1, -0.05) is 6.07 Å². The first-order chi connectivity index (χ1) is 13.5. The number of ether oxygens (including phenoxy) is 2. The zero-order valence-electron chi connectivity index (χ0n) is 15.7. The molecule has 7 heteroatoms. The monoisotopic (exact) mass is 384 g/mol. The molecule has 0 spiro atoms. The number of halogens is 1. The standard InChI is InChI=1S/C21H21FN2O4/c1-3-27-21(26)12-28-16-6-4-5-15(10-16)24-20(25)11-17-13(2)23-19-8-7-14(22)9-18(17)19/h4-10,23H,3,11-12H2,1-2H3,(H,24,25). The van der Waals surface area contributed by atoms with Crippen LogP contribution in [0.15, 0.2) is 42.5 Å². The smallest absolute Gasteiger partial charge is 0.344 e. The van der Waals surface area contributed by atoms with Crippen molar-refractivity contribution in [2.24, 2.45) is 0 Å². The highest BCUT2D eigenvalue weighted by atomic mass is 19.1. The molecule has 1 heterocycles. The second kappa shape index (κ2) is 8.56. The predicted molar refractivity (Wildman–Crippen MR) is 104 cm³/mol. The highest BCUT2D eigenvalue weighted by molar-refractivity contribution is 5.96. The number of hydrogen-bond donors (Lipinski definition) is 2. The Kier molecular flexibility index (Phi) is 5.93. The van der Waals surface area contributed by atoms with Crippen LogP contribution in [0.25, 0.3) is 10.9 Å². The van der Waals surface area contributed by atoms with Crippen LogP contribution in [0.4, 0.5) is 10.1 Å². The second-order valence-corrected chi connectivity index (χ2v) is 6.26. The molecular weight excluding hydrogens is 363 g/mol. The molecule has 146 valence electrons. The summed E-state index contributed by atoms with van der Waals surface area (Å²) in [4.78, 5) is 27.0. The minimum atomic E-state index is -0.459. The molecule has 1 amide bonds. The topological polar surface area (TPSA) is 80.4 Å². The third-order valence-corrected chi connectivity index (χ3v) is 4.20. The maximum Gasteiger partial charge on any atom is 0.344 e. The van der Waals surface area contributed by atoms with E-state index in [0.29, 0.717) is 16.8 Å². The van der Waals surface area contributed by atoms with Gasteiger partial charge in [-0.2, -0.15) is 0 Å². The molecule has 0 bridgehead atoms. The van der Waals surface area contributed by atoms with Crippen LogP contribution in [-0.2, 0) is 20.7 Å². The normalized spacial score (nSPS) is 10.7. The number of rotatable bonds is 7. The third kappa shape index (κ3) is 4.68. The maximum atomic E-state index is 13.6. The van der Waals surface area contributed by atoms with E-state index in [-0.39, 0.29) is 31.4 Å². The number of aryl methyl sites for hydroxylation is 1. The molecule has 0 aliphatic rings. The molecule has 1 aromatic heterocycles. The van der Waals surface area contributed by atoms with E-state index in [2.05, 4.69) is 10.3 Å². The number of hydrogen-bond acceptors (Lipinski definition) is 4. The van der Waals surface area contributed by atoms with E-state index >= 15 is 0 Å². The van der Waals surface area contributed by atoms with E-state index in [4.69, 9.17) is 9.47 Å². The molecule has 0 radical (unpaired) electrons. The van der Waals surface area contributed by atoms with E-state index in [0.717, 1.165) is 16.8 Å². The molecule has 3 aromatic rings. The van der Waals surface area contributed by atoms with Gasteiger partial charge in [-0.25, -0.2) is 9.18 Å². The lowest BCUT2D eigenvalue weighted by Crippen LogP contribution is -2.16. The molecule has 0 fully saturated rings. The molecule has 0 atom stereocenters. The number of H-pyrrole nitrogens is 1. The number of amides is 1. The molecular formula is C21H21FN2O4. The average molecular weight is 384 g/mol. The number of esters is 1. The van der Waals surface area contributed by atoms with Crippen molar-refractivity contribution in [1.29, 1.82) is 0 Å². The summed E-state index contributed by atoms with van der Waals surface area (Å²) in [5.41, 5.74) is 2.90. The Morgan fingerprint density at radius 2 is 2.00 bits per heavy atom. The van der Waals surface area contributed by atoms with Gasteiger partial charge in [-0.15, -0.1) is 0 Å². The van der Waals surface area contributed by atoms with Crippen LogP contribution in [0.2, 0.25) is 0 Å². The van der Waals surface area contributed by atoms with Crippen LogP contribution in [0.5, 0.6) is 5.75 Å². The molecule has 2 N–H and O–H groups in total. The summed E-state index contributed by atoms with van der Waals surface area (Å²) >= 11 is 0. The summed E-state index contributed by atoms with van der Waals surface area (Å²) < 4.78 is 23.7. The first-order valence-electron chi connectivity index (χ1n) is 8.91. The fourth-order valence-electron chi connectivity index (χ4n) is 2.96. The molecule has 3 rings (SSSR count). The molecule has 6 nitrogen and oxygen atoms in total. The molecule has 0 aliphatic carbocycles. The Labute approximate surface area is 161 Å². The van der Waals surface area contributed by atoms with Crippen LogP contribution in [0, 0.1) is 12.7 Å². The van der Waals surface area contributed by atoms with Gasteiger partial charge in [0.2, 0.25) is 5.91 Å². The van der Waals surface area contributed by atoms with Gasteiger partial charge < -0.3 is 19.8 Å². The third-order valence-electron chi connectivity index (χ3n) is 4.20. The Hall–Kier alpha value is -3.35. The molecule has 0 saturated carbocycles. The first-order valence-corrected chi connectivity index (χ1v) is 8.91. The number of anilines is 1. The molecule has 0 aliphatic heterocycles. The van der Waals surface area contributed by atoms with E-state index in [9.17, 15) is 14.0 Å². The summed E-state index contributed by atoms with van der Waals surface area (Å²) in [6, 6.07) is 11.2. The zero-order valence-corrected chi connectivity index (χ0v) is 15.7. The van der Waals surface area contributed by atoms with Crippen LogP contribution in [-0.4, -0.2) is 30.1 Å². The van der Waals surface area contributed by atoms with Gasteiger partial charge in [-0.3, -0.25) is 4.79 Å². The predicted octanol–water partition coefficient (Wildman–Crippen LogP) is 3.74. The molecule has 0 saturated heterocycles. The zero-order chi connectivity index (χ0) is 20.1. The number of aromatic amines is 1. The van der Waals surface area contributed by atoms with Crippen molar-refractivity contribution >= 4 is 28.5 Å². The molecule has 0 unspecified atom stereocenters. The maximum absolute atomic E-state index is 13.6. The van der Waals surface area contributed by atoms with E-state index in [1.165, 1.54) is 12.1 Å². The van der Waals surface area contributed by atoms with Gasteiger partial charge in [0.05, 0.1) is 13.0 Å². The highest BCUT2D eigenvalue weighted by Crippen LogP contribution is 2.24. The number of nitrogens with one attached hydrogen (secondary N) is 2. The number of fused-ring (bicyclic) bond motifs is 1. The fraction of sp³-hybridized carbons (Fsp3) is 0.238. The van der Waals surface area contributed by atoms with Crippen molar-refractivity contribution in [1.82, 2.24) is 4.98 Å². The Bertz CT molecular complexity index is 1010. The average Bonchev–Trinajstić information content (AvgIpc) is 2.95. The van der Waals surface area contributed by atoms with Crippen molar-refractivity contribution in [3.63, 3.8) is 0 Å². The SMILES string of the molecule is CCOC(=O)COc1cccc(NC(=O)Cc2c(C)[nH]c3ccc(F)cc23)c1. The summed E-state index contributed by atoms with van der Waals surface area (Å²) in [7, 11) is 0. The van der Waals surface area contributed by atoms with Crippen molar-refractivity contribution < 1.29 is 23.5 Å². The lowest BCUT2D eigenvalue weighted by Gasteiger charge is -2.09. The summed E-state index contributed by atoms with van der Waals surface area (Å²) in [5.74, 6) is -0.606. The van der Waals surface area contributed by atoms with Crippen LogP contribution < -0.4 is 10.1 Å². The van der Waals surface area contributed by atoms with Gasteiger partial charge in [-0.05, 0) is 49.7 Å². The van der Waals surface area contributed by atoms with Gasteiger partial charge >= 0.3 is 5.97 Å². The van der Waals surface area contributed by atoms with Gasteiger partial charge in [0, 0.05) is 28.4 Å². The second-order valence-electron chi connectivity index (χ2n) is 6.26. The quantitative estimate of drug-likeness (QED) is 0.608. The minimum absolute atomic E-state index is 0.100. The fourth-order valence-corrected chi connectivity index (χ4v) is 2.96. The highest BCUT2D eigenvalue weighted by Gasteiger charge is 2.14. The van der Waals surface area contributed by atoms with Gasteiger partial charge in [0.1, 0.15) is 11.6 Å². The number of carbonyl (C=O) groups excluding carboxylic acids is 2. The Morgan fingerprint density at radius 3 is 2.79 bits per heavy atom. The number of carbonyl (C=O) groups is 2. The summed E-state index contributed by atoms with van der Waals surface area (Å²) in [6.45, 7) is 3.66. The lowest BCUT2D eigenvalue weighted by molar-refractivity contribution is -0.145. The summed E-state index contributed by atoms with van der Waals surface area (Å²) in [5, 5.41) is 3.49. The van der Waals surface area contributed by atoms with Crippen molar-refractivity contribution in [3.05, 3.63) is 59.5 Å².